The van der Waals surface area contributed by atoms with Gasteiger partial charge in [-0.05, 0) is 95.3 Å². The Hall–Kier alpha value is -0.410. The van der Waals surface area contributed by atoms with Gasteiger partial charge < -0.3 is 5.11 Å². The second-order valence-electron chi connectivity index (χ2n) is 7.13. The first-order valence-electron chi connectivity index (χ1n) is 7.75. The minimum absolute atomic E-state index is 0.258. The average Bonchev–Trinajstić information content (AvgIpc) is 2.40. The van der Waals surface area contributed by atoms with Crippen LogP contribution in [-0.2, 0) is 0 Å². The van der Waals surface area contributed by atoms with Crippen LogP contribution in [0.2, 0.25) is 0 Å². The zero-order chi connectivity index (χ0) is 13.9. The van der Waals surface area contributed by atoms with E-state index in [1.54, 1.807) is 12.1 Å². The Morgan fingerprint density at radius 2 is 1.65 bits per heavy atom. The minimum Gasteiger partial charge on any atom is -0.388 e. The van der Waals surface area contributed by atoms with Gasteiger partial charge in [-0.2, -0.15) is 0 Å². The van der Waals surface area contributed by atoms with E-state index in [2.05, 4.69) is 15.9 Å². The van der Waals surface area contributed by atoms with Crippen molar-refractivity contribution in [3.05, 3.63) is 34.1 Å². The van der Waals surface area contributed by atoms with Crippen molar-refractivity contribution in [1.29, 1.82) is 0 Å². The Balaban J connectivity index is 1.62. The summed E-state index contributed by atoms with van der Waals surface area (Å²) in [6.45, 7) is 0. The van der Waals surface area contributed by atoms with Gasteiger partial charge in [-0.1, -0.05) is 6.07 Å². The van der Waals surface area contributed by atoms with Crippen LogP contribution in [0.4, 0.5) is 4.39 Å². The van der Waals surface area contributed by atoms with Gasteiger partial charge in [0.2, 0.25) is 0 Å². The number of halogens is 2. The third kappa shape index (κ3) is 2.05. The van der Waals surface area contributed by atoms with Crippen LogP contribution in [0.25, 0.3) is 0 Å². The summed E-state index contributed by atoms with van der Waals surface area (Å²) in [6.07, 6.45) is 6.21. The quantitative estimate of drug-likeness (QED) is 0.828. The molecule has 1 nitrogen and oxygen atoms in total. The molecule has 0 radical (unpaired) electrons. The fourth-order valence-corrected chi connectivity index (χ4v) is 5.80. The van der Waals surface area contributed by atoms with Crippen molar-refractivity contribution in [2.45, 2.75) is 38.2 Å². The van der Waals surface area contributed by atoms with E-state index in [0.717, 1.165) is 17.4 Å². The van der Waals surface area contributed by atoms with Gasteiger partial charge in [0, 0.05) is 0 Å². The van der Waals surface area contributed by atoms with Gasteiger partial charge in [-0.3, -0.25) is 0 Å². The predicted octanol–water partition coefficient (Wildman–Crippen LogP) is 4.69. The van der Waals surface area contributed by atoms with Gasteiger partial charge in [0.15, 0.2) is 0 Å². The molecule has 0 heterocycles. The monoisotopic (exact) mass is 338 g/mol. The van der Waals surface area contributed by atoms with Crippen molar-refractivity contribution in [1.82, 2.24) is 0 Å². The van der Waals surface area contributed by atoms with E-state index in [1.165, 1.54) is 38.2 Å². The highest BCUT2D eigenvalue weighted by Crippen LogP contribution is 2.59. The number of aliphatic hydroxyl groups is 1. The summed E-state index contributed by atoms with van der Waals surface area (Å²) < 4.78 is 13.8. The third-order valence-electron chi connectivity index (χ3n) is 5.95. The molecule has 0 aromatic heterocycles. The van der Waals surface area contributed by atoms with E-state index in [9.17, 15) is 9.50 Å². The molecule has 4 saturated carbocycles. The van der Waals surface area contributed by atoms with Gasteiger partial charge in [-0.25, -0.2) is 4.39 Å². The van der Waals surface area contributed by atoms with Crippen molar-refractivity contribution in [2.75, 3.05) is 0 Å². The highest BCUT2D eigenvalue weighted by molar-refractivity contribution is 9.10. The van der Waals surface area contributed by atoms with Gasteiger partial charge in [0.1, 0.15) is 5.82 Å². The first-order valence-corrected chi connectivity index (χ1v) is 8.54. The summed E-state index contributed by atoms with van der Waals surface area (Å²) in [5.74, 6) is 3.34. The van der Waals surface area contributed by atoms with Crippen LogP contribution in [0, 0.1) is 35.4 Å². The summed E-state index contributed by atoms with van der Waals surface area (Å²) in [4.78, 5) is 0. The molecule has 0 spiro atoms. The zero-order valence-electron chi connectivity index (χ0n) is 11.4. The van der Waals surface area contributed by atoms with Crippen LogP contribution in [0.3, 0.4) is 0 Å². The molecular formula is C17H20BrFO. The molecule has 0 saturated heterocycles. The van der Waals surface area contributed by atoms with Gasteiger partial charge in [-0.15, -0.1) is 0 Å². The summed E-state index contributed by atoms with van der Waals surface area (Å²) in [6, 6.07) is 4.96. The van der Waals surface area contributed by atoms with Crippen LogP contribution in [0.15, 0.2) is 22.7 Å². The summed E-state index contributed by atoms with van der Waals surface area (Å²) in [7, 11) is 0. The highest BCUT2D eigenvalue weighted by atomic mass is 79.9. The second-order valence-corrected chi connectivity index (χ2v) is 7.98. The van der Waals surface area contributed by atoms with Crippen LogP contribution < -0.4 is 0 Å². The lowest BCUT2D eigenvalue weighted by molar-refractivity contribution is -0.0908. The van der Waals surface area contributed by atoms with Crippen molar-refractivity contribution < 1.29 is 9.50 Å². The van der Waals surface area contributed by atoms with E-state index in [4.69, 9.17) is 0 Å². The molecule has 1 aromatic rings. The van der Waals surface area contributed by atoms with Crippen LogP contribution >= 0.6 is 15.9 Å². The van der Waals surface area contributed by atoms with Crippen molar-refractivity contribution in [3.63, 3.8) is 0 Å². The number of benzene rings is 1. The molecule has 4 fully saturated rings. The van der Waals surface area contributed by atoms with E-state index >= 15 is 0 Å². The Morgan fingerprint density at radius 1 is 1.05 bits per heavy atom. The maximum atomic E-state index is 13.4. The summed E-state index contributed by atoms with van der Waals surface area (Å²) >= 11 is 3.23. The maximum absolute atomic E-state index is 13.4. The third-order valence-corrected chi connectivity index (χ3v) is 6.56. The molecule has 5 rings (SSSR count). The summed E-state index contributed by atoms with van der Waals surface area (Å²) in [5, 5.41) is 10.8. The van der Waals surface area contributed by atoms with Crippen LogP contribution in [0.1, 0.15) is 43.8 Å². The Kier molecular flexibility index (Phi) is 3.19. The number of hydrogen-bond donors (Lipinski definition) is 1. The predicted molar refractivity (Wildman–Crippen MR) is 79.6 cm³/mol. The van der Waals surface area contributed by atoms with E-state index in [0.29, 0.717) is 22.2 Å². The average molecular weight is 339 g/mol. The molecule has 0 aliphatic heterocycles. The second kappa shape index (κ2) is 4.81. The molecule has 4 aliphatic rings. The Labute approximate surface area is 127 Å². The molecule has 1 atom stereocenters. The fraction of sp³-hybridized carbons (Fsp3) is 0.647. The Morgan fingerprint density at radius 3 is 2.20 bits per heavy atom. The Bertz CT molecular complexity index is 502. The van der Waals surface area contributed by atoms with Crippen LogP contribution in [0.5, 0.6) is 0 Å². The molecular weight excluding hydrogens is 319 g/mol. The topological polar surface area (TPSA) is 20.2 Å². The smallest absolute Gasteiger partial charge is 0.137 e. The minimum atomic E-state index is -0.429. The van der Waals surface area contributed by atoms with Gasteiger partial charge in [0.25, 0.3) is 0 Å². The van der Waals surface area contributed by atoms with E-state index < -0.39 is 6.10 Å². The zero-order valence-corrected chi connectivity index (χ0v) is 13.0. The van der Waals surface area contributed by atoms with Gasteiger partial charge >= 0.3 is 0 Å². The number of aliphatic hydroxyl groups excluding tert-OH is 1. The van der Waals surface area contributed by atoms with E-state index in [1.807, 2.05) is 0 Å². The highest BCUT2D eigenvalue weighted by Gasteiger charge is 2.50. The maximum Gasteiger partial charge on any atom is 0.137 e. The number of hydrogen-bond acceptors (Lipinski definition) is 1. The fourth-order valence-electron chi connectivity index (χ4n) is 5.40. The van der Waals surface area contributed by atoms with Crippen molar-refractivity contribution >= 4 is 15.9 Å². The first kappa shape index (κ1) is 13.3. The SMILES string of the molecule is OC(c1ccc(F)c(Br)c1)C1C2CC3CC(C2)CC1C3. The molecule has 20 heavy (non-hydrogen) atoms. The molecule has 4 bridgehead atoms. The normalized spacial score (nSPS) is 40.0. The van der Waals surface area contributed by atoms with E-state index in [-0.39, 0.29) is 5.82 Å². The van der Waals surface area contributed by atoms with Crippen molar-refractivity contribution in [2.24, 2.45) is 29.6 Å². The molecule has 3 heteroatoms. The lowest BCUT2D eigenvalue weighted by atomic mass is 9.50. The molecule has 0 amide bonds. The van der Waals surface area contributed by atoms with Crippen molar-refractivity contribution in [3.8, 4) is 0 Å². The molecule has 4 aliphatic carbocycles. The molecule has 108 valence electrons. The first-order chi connectivity index (χ1) is 9.61. The largest absolute Gasteiger partial charge is 0.388 e. The molecule has 1 aromatic carbocycles. The molecule has 1 unspecified atom stereocenters. The lowest BCUT2D eigenvalue weighted by Gasteiger charge is -2.55. The summed E-state index contributed by atoms with van der Waals surface area (Å²) in [5.41, 5.74) is 0.871. The standard InChI is InChI=1S/C17H20BrFO/c18-14-8-11(1-2-15(14)19)17(20)16-12-4-9-3-10(6-12)7-13(16)5-9/h1-2,8-10,12-13,16-17,20H,3-7H2. The van der Waals surface area contributed by atoms with Crippen LogP contribution in [-0.4, -0.2) is 5.11 Å². The van der Waals surface area contributed by atoms with Gasteiger partial charge in [0.05, 0.1) is 10.6 Å². The lowest BCUT2D eigenvalue weighted by Crippen LogP contribution is -2.47. The number of rotatable bonds is 2. The molecule has 1 N–H and O–H groups in total.